The first-order valence-corrected chi connectivity index (χ1v) is 8.68. The maximum atomic E-state index is 2.59. The van der Waals surface area contributed by atoms with Gasteiger partial charge in [0.25, 0.3) is 0 Å². The highest BCUT2D eigenvalue weighted by atomic mass is 14.6. The van der Waals surface area contributed by atoms with Crippen LogP contribution in [0.2, 0.25) is 0 Å². The predicted octanol–water partition coefficient (Wildman–Crippen LogP) is 5.59. The lowest BCUT2D eigenvalue weighted by Crippen LogP contribution is -2.45. The van der Waals surface area contributed by atoms with Gasteiger partial charge in [-0.1, -0.05) is 45.4 Å². The summed E-state index contributed by atoms with van der Waals surface area (Å²) < 4.78 is 0. The summed E-state index contributed by atoms with van der Waals surface area (Å²) in [6.45, 7) is 7.22. The van der Waals surface area contributed by atoms with Crippen LogP contribution in [0.25, 0.3) is 0 Å². The Morgan fingerprint density at radius 1 is 1.10 bits per heavy atom. The molecule has 2 atom stereocenters. The van der Waals surface area contributed by atoms with Crippen LogP contribution in [-0.2, 0) is 11.8 Å². The summed E-state index contributed by atoms with van der Waals surface area (Å²) in [6.07, 6.45) is 10.2. The molecule has 0 N–H and O–H groups in total. The number of benzene rings is 1. The van der Waals surface area contributed by atoms with Crippen LogP contribution in [0.3, 0.4) is 0 Å². The Hall–Kier alpha value is -0.780. The van der Waals surface area contributed by atoms with Gasteiger partial charge in [-0.3, -0.25) is 0 Å². The van der Waals surface area contributed by atoms with Crippen molar-refractivity contribution in [1.29, 1.82) is 0 Å². The van der Waals surface area contributed by atoms with Gasteiger partial charge in [-0.2, -0.15) is 0 Å². The van der Waals surface area contributed by atoms with Gasteiger partial charge in [0.1, 0.15) is 0 Å². The summed E-state index contributed by atoms with van der Waals surface area (Å²) >= 11 is 0. The van der Waals surface area contributed by atoms with Crippen molar-refractivity contribution in [3.8, 4) is 0 Å². The summed E-state index contributed by atoms with van der Waals surface area (Å²) in [6, 6.07) is 7.43. The first-order chi connectivity index (χ1) is 9.55. The summed E-state index contributed by atoms with van der Waals surface area (Å²) in [4.78, 5) is 0. The fraction of sp³-hybridized carbons (Fsp3) is 0.700. The highest BCUT2D eigenvalue weighted by Crippen LogP contribution is 2.67. The molecule has 4 rings (SSSR count). The molecule has 0 aliphatic heterocycles. The van der Waals surface area contributed by atoms with E-state index in [0.717, 1.165) is 11.3 Å². The summed E-state index contributed by atoms with van der Waals surface area (Å²) in [5.41, 5.74) is 6.17. The van der Waals surface area contributed by atoms with Crippen LogP contribution in [0.1, 0.15) is 81.9 Å². The Kier molecular flexibility index (Phi) is 2.66. The number of fused-ring (bicyclic) bond motifs is 4. The largest absolute Gasteiger partial charge is 0.0587 e. The molecule has 0 radical (unpaired) electrons. The standard InChI is InChI=1S/C20H28/c1-14(2)15-5-7-17-16(13-15)6-8-18-19(17,3)9-4-10-20(18)11-12-20/h5,7,13-14,18H,4,6,8-12H2,1-3H3/t18?,19-/m1/s1. The molecule has 0 saturated heterocycles. The highest BCUT2D eigenvalue weighted by molar-refractivity contribution is 5.42. The van der Waals surface area contributed by atoms with Crippen LogP contribution >= 0.6 is 0 Å². The van der Waals surface area contributed by atoms with Gasteiger partial charge in [0.15, 0.2) is 0 Å². The molecule has 108 valence electrons. The van der Waals surface area contributed by atoms with Crippen molar-refractivity contribution in [3.05, 3.63) is 34.9 Å². The monoisotopic (exact) mass is 268 g/mol. The van der Waals surface area contributed by atoms with Crippen molar-refractivity contribution < 1.29 is 0 Å². The lowest BCUT2D eigenvalue weighted by molar-refractivity contribution is 0.0889. The minimum atomic E-state index is 0.484. The van der Waals surface area contributed by atoms with E-state index >= 15 is 0 Å². The average molecular weight is 268 g/mol. The number of aryl methyl sites for hydroxylation is 1. The molecule has 1 aromatic rings. The smallest absolute Gasteiger partial charge is 0.00389 e. The van der Waals surface area contributed by atoms with E-state index in [2.05, 4.69) is 39.0 Å². The van der Waals surface area contributed by atoms with Crippen LogP contribution in [0.15, 0.2) is 18.2 Å². The molecule has 0 amide bonds. The van der Waals surface area contributed by atoms with Crippen LogP contribution in [0.5, 0.6) is 0 Å². The third-order valence-electron chi connectivity index (χ3n) is 6.88. The van der Waals surface area contributed by atoms with E-state index in [-0.39, 0.29) is 0 Å². The maximum absolute atomic E-state index is 2.59. The van der Waals surface area contributed by atoms with E-state index in [0.29, 0.717) is 11.3 Å². The van der Waals surface area contributed by atoms with Crippen LogP contribution < -0.4 is 0 Å². The molecule has 20 heavy (non-hydrogen) atoms. The molecular formula is C20H28. The summed E-state index contributed by atoms with van der Waals surface area (Å²) in [5, 5.41) is 0. The Morgan fingerprint density at radius 3 is 2.60 bits per heavy atom. The quantitative estimate of drug-likeness (QED) is 0.622. The molecule has 0 nitrogen and oxygen atoms in total. The second-order valence-corrected chi connectivity index (χ2v) is 8.30. The SMILES string of the molecule is CC(C)c1ccc2c(c1)CCC1C3(CCC[C@]21C)CC3. The molecule has 3 aliphatic rings. The molecule has 1 unspecified atom stereocenters. The van der Waals surface area contributed by atoms with Crippen molar-refractivity contribution in [2.24, 2.45) is 11.3 Å². The zero-order valence-corrected chi connectivity index (χ0v) is 13.3. The van der Waals surface area contributed by atoms with Gasteiger partial charge >= 0.3 is 0 Å². The molecular weight excluding hydrogens is 240 g/mol. The van der Waals surface area contributed by atoms with Gasteiger partial charge in [-0.05, 0) is 77.9 Å². The van der Waals surface area contributed by atoms with Gasteiger partial charge in [-0.25, -0.2) is 0 Å². The van der Waals surface area contributed by atoms with Crippen molar-refractivity contribution in [3.63, 3.8) is 0 Å². The molecule has 0 aromatic heterocycles. The third-order valence-corrected chi connectivity index (χ3v) is 6.88. The van der Waals surface area contributed by atoms with E-state index in [4.69, 9.17) is 0 Å². The molecule has 1 spiro atoms. The second kappa shape index (κ2) is 4.12. The lowest BCUT2D eigenvalue weighted by Gasteiger charge is -2.51. The van der Waals surface area contributed by atoms with Crippen LogP contribution in [0.4, 0.5) is 0 Å². The van der Waals surface area contributed by atoms with Gasteiger partial charge in [0.2, 0.25) is 0 Å². The van der Waals surface area contributed by atoms with Gasteiger partial charge < -0.3 is 0 Å². The fourth-order valence-corrected chi connectivity index (χ4v) is 5.57. The predicted molar refractivity (Wildman–Crippen MR) is 85.2 cm³/mol. The van der Waals surface area contributed by atoms with E-state index in [1.807, 2.05) is 0 Å². The molecule has 1 aromatic carbocycles. The normalized spacial score (nSPS) is 33.9. The van der Waals surface area contributed by atoms with E-state index in [1.54, 1.807) is 11.1 Å². The molecule has 0 heteroatoms. The van der Waals surface area contributed by atoms with Crippen LogP contribution in [-0.4, -0.2) is 0 Å². The maximum Gasteiger partial charge on any atom is -0.00389 e. The third kappa shape index (κ3) is 1.66. The zero-order valence-electron chi connectivity index (χ0n) is 13.3. The van der Waals surface area contributed by atoms with Crippen LogP contribution in [0, 0.1) is 11.3 Å². The van der Waals surface area contributed by atoms with Crippen molar-refractivity contribution >= 4 is 0 Å². The summed E-state index contributed by atoms with van der Waals surface area (Å²) in [5.74, 6) is 1.63. The second-order valence-electron chi connectivity index (χ2n) is 8.30. The van der Waals surface area contributed by atoms with Crippen molar-refractivity contribution in [2.45, 2.75) is 77.0 Å². The first-order valence-electron chi connectivity index (χ1n) is 8.68. The minimum Gasteiger partial charge on any atom is -0.0587 e. The molecule has 0 bridgehead atoms. The molecule has 2 fully saturated rings. The highest BCUT2D eigenvalue weighted by Gasteiger charge is 2.58. The number of hydrogen-bond donors (Lipinski definition) is 0. The topological polar surface area (TPSA) is 0 Å². The fourth-order valence-electron chi connectivity index (χ4n) is 5.57. The van der Waals surface area contributed by atoms with E-state index in [9.17, 15) is 0 Å². The van der Waals surface area contributed by atoms with Gasteiger partial charge in [0, 0.05) is 0 Å². The molecule has 3 aliphatic carbocycles. The Bertz CT molecular complexity index is 535. The number of hydrogen-bond acceptors (Lipinski definition) is 0. The average Bonchev–Trinajstić information content (AvgIpc) is 3.18. The van der Waals surface area contributed by atoms with Crippen molar-refractivity contribution in [2.75, 3.05) is 0 Å². The number of rotatable bonds is 1. The first kappa shape index (κ1) is 12.9. The molecule has 0 heterocycles. The summed E-state index contributed by atoms with van der Waals surface area (Å²) in [7, 11) is 0. The van der Waals surface area contributed by atoms with Gasteiger partial charge in [0.05, 0.1) is 0 Å². The lowest BCUT2D eigenvalue weighted by atomic mass is 9.53. The Morgan fingerprint density at radius 2 is 1.90 bits per heavy atom. The van der Waals surface area contributed by atoms with Crippen molar-refractivity contribution in [1.82, 2.24) is 0 Å². The van der Waals surface area contributed by atoms with Gasteiger partial charge in [-0.15, -0.1) is 0 Å². The minimum absolute atomic E-state index is 0.484. The Balaban J connectivity index is 1.78. The molecule has 2 saturated carbocycles. The van der Waals surface area contributed by atoms with E-state index < -0.39 is 0 Å². The Labute approximate surface area is 124 Å². The van der Waals surface area contributed by atoms with E-state index in [1.165, 1.54) is 50.5 Å². The zero-order chi connectivity index (χ0) is 14.0.